The van der Waals surface area contributed by atoms with Crippen LogP contribution in [0, 0.1) is 26.7 Å². The Morgan fingerprint density at radius 3 is 2.43 bits per heavy atom. The van der Waals surface area contributed by atoms with Gasteiger partial charge in [-0.2, -0.15) is 4.31 Å². The number of sulfonamides is 1. The summed E-state index contributed by atoms with van der Waals surface area (Å²) in [6.07, 6.45) is 2.55. The summed E-state index contributed by atoms with van der Waals surface area (Å²) in [6.45, 7) is 6.94. The molecule has 0 bridgehead atoms. The Bertz CT molecular complexity index is 585. The zero-order chi connectivity index (χ0) is 15.6. The lowest BCUT2D eigenvalue weighted by molar-refractivity contribution is 0.203. The Labute approximate surface area is 127 Å². The average molecular weight is 311 g/mol. The van der Waals surface area contributed by atoms with Gasteiger partial charge >= 0.3 is 0 Å². The van der Waals surface area contributed by atoms with Crippen molar-refractivity contribution in [3.8, 4) is 0 Å². The van der Waals surface area contributed by atoms with E-state index >= 15 is 0 Å². The van der Waals surface area contributed by atoms with Crippen LogP contribution in [0.4, 0.5) is 0 Å². The summed E-state index contributed by atoms with van der Waals surface area (Å²) in [5.41, 5.74) is 2.72. The number of aryl methyl sites for hydroxylation is 3. The minimum Gasteiger partial charge on any atom is -0.396 e. The van der Waals surface area contributed by atoms with Gasteiger partial charge in [-0.15, -0.1) is 0 Å². The minimum absolute atomic E-state index is 0.126. The van der Waals surface area contributed by atoms with Crippen LogP contribution in [-0.2, 0) is 10.0 Å². The van der Waals surface area contributed by atoms with Crippen molar-refractivity contribution in [1.29, 1.82) is 0 Å². The number of aliphatic hydroxyl groups is 1. The smallest absolute Gasteiger partial charge is 0.243 e. The minimum atomic E-state index is -3.44. The molecule has 21 heavy (non-hydrogen) atoms. The van der Waals surface area contributed by atoms with Crippen molar-refractivity contribution < 1.29 is 13.5 Å². The van der Waals surface area contributed by atoms with Crippen LogP contribution in [-0.4, -0.2) is 37.5 Å². The van der Waals surface area contributed by atoms with Crippen molar-refractivity contribution in [2.24, 2.45) is 5.92 Å². The fourth-order valence-corrected chi connectivity index (χ4v) is 5.33. The number of piperidine rings is 1. The Morgan fingerprint density at radius 1 is 1.24 bits per heavy atom. The first-order valence-electron chi connectivity index (χ1n) is 7.55. The second-order valence-corrected chi connectivity index (χ2v) is 7.99. The van der Waals surface area contributed by atoms with E-state index in [1.165, 1.54) is 0 Å². The van der Waals surface area contributed by atoms with Crippen LogP contribution < -0.4 is 0 Å². The molecule has 1 unspecified atom stereocenters. The van der Waals surface area contributed by atoms with E-state index in [0.717, 1.165) is 29.5 Å². The van der Waals surface area contributed by atoms with E-state index < -0.39 is 10.0 Å². The maximum atomic E-state index is 13.0. The molecule has 1 heterocycles. The van der Waals surface area contributed by atoms with Gasteiger partial charge in [-0.05, 0) is 57.1 Å². The van der Waals surface area contributed by atoms with E-state index in [2.05, 4.69) is 0 Å². The van der Waals surface area contributed by atoms with Crippen LogP contribution in [0.3, 0.4) is 0 Å². The topological polar surface area (TPSA) is 57.6 Å². The van der Waals surface area contributed by atoms with Crippen molar-refractivity contribution in [2.75, 3.05) is 19.7 Å². The third-order valence-corrected chi connectivity index (χ3v) is 6.39. The molecule has 1 aliphatic rings. The van der Waals surface area contributed by atoms with Crippen molar-refractivity contribution in [3.63, 3.8) is 0 Å². The zero-order valence-electron chi connectivity index (χ0n) is 13.1. The molecule has 1 saturated heterocycles. The summed E-state index contributed by atoms with van der Waals surface area (Å²) in [5, 5.41) is 9.08. The van der Waals surface area contributed by atoms with Crippen LogP contribution in [0.25, 0.3) is 0 Å². The van der Waals surface area contributed by atoms with Gasteiger partial charge in [-0.3, -0.25) is 0 Å². The average Bonchev–Trinajstić information content (AvgIpc) is 2.37. The number of hydrogen-bond donors (Lipinski definition) is 1. The van der Waals surface area contributed by atoms with Gasteiger partial charge in [-0.25, -0.2) is 8.42 Å². The highest BCUT2D eigenvalue weighted by molar-refractivity contribution is 7.89. The highest BCUT2D eigenvalue weighted by atomic mass is 32.2. The number of rotatable bonds is 4. The summed E-state index contributed by atoms with van der Waals surface area (Å²) in [4.78, 5) is 0.456. The van der Waals surface area contributed by atoms with E-state index in [1.807, 2.05) is 32.9 Å². The van der Waals surface area contributed by atoms with Gasteiger partial charge in [0.1, 0.15) is 0 Å². The van der Waals surface area contributed by atoms with Gasteiger partial charge in [0.25, 0.3) is 0 Å². The van der Waals surface area contributed by atoms with E-state index in [4.69, 9.17) is 5.11 Å². The van der Waals surface area contributed by atoms with Gasteiger partial charge in [0.15, 0.2) is 0 Å². The van der Waals surface area contributed by atoms with E-state index in [9.17, 15) is 8.42 Å². The second kappa shape index (κ2) is 6.46. The second-order valence-electron chi connectivity index (χ2n) is 6.11. The fourth-order valence-electron chi connectivity index (χ4n) is 3.37. The number of benzene rings is 1. The standard InChI is InChI=1S/C16H25NO3S/c1-12-9-13(2)16(14(3)10-12)21(19,20)17-7-4-5-15(11-17)6-8-18/h9-10,15,18H,4-8,11H2,1-3H3. The highest BCUT2D eigenvalue weighted by Gasteiger charge is 2.32. The molecule has 118 valence electrons. The van der Waals surface area contributed by atoms with Crippen LogP contribution in [0.5, 0.6) is 0 Å². The molecule has 1 aromatic carbocycles. The van der Waals surface area contributed by atoms with E-state index in [0.29, 0.717) is 24.4 Å². The van der Waals surface area contributed by atoms with E-state index in [1.54, 1.807) is 4.31 Å². The van der Waals surface area contributed by atoms with Gasteiger partial charge in [0, 0.05) is 19.7 Å². The third-order valence-electron chi connectivity index (χ3n) is 4.22. The maximum Gasteiger partial charge on any atom is 0.243 e. The lowest BCUT2D eigenvalue weighted by Gasteiger charge is -2.32. The van der Waals surface area contributed by atoms with Crippen molar-refractivity contribution in [2.45, 2.75) is 44.9 Å². The first-order valence-corrected chi connectivity index (χ1v) is 8.99. The molecule has 1 fully saturated rings. The molecule has 0 aliphatic carbocycles. The SMILES string of the molecule is Cc1cc(C)c(S(=O)(=O)N2CCCC(CCO)C2)c(C)c1. The largest absolute Gasteiger partial charge is 0.396 e. The van der Waals surface area contributed by atoms with Gasteiger partial charge < -0.3 is 5.11 Å². The normalized spacial score (nSPS) is 20.7. The molecule has 1 atom stereocenters. The monoisotopic (exact) mass is 311 g/mol. The van der Waals surface area contributed by atoms with Gasteiger partial charge in [-0.1, -0.05) is 17.7 Å². The van der Waals surface area contributed by atoms with Crippen LogP contribution in [0.1, 0.15) is 36.0 Å². The fraction of sp³-hybridized carbons (Fsp3) is 0.625. The summed E-state index contributed by atoms with van der Waals surface area (Å²) < 4.78 is 27.5. The number of aliphatic hydroxyl groups excluding tert-OH is 1. The predicted octanol–water partition coefficient (Wildman–Crippen LogP) is 2.39. The summed E-state index contributed by atoms with van der Waals surface area (Å²) in [5.74, 6) is 0.268. The molecular weight excluding hydrogens is 286 g/mol. The van der Waals surface area contributed by atoms with Crippen LogP contribution >= 0.6 is 0 Å². The van der Waals surface area contributed by atoms with Crippen molar-refractivity contribution >= 4 is 10.0 Å². The molecule has 1 N–H and O–H groups in total. The van der Waals surface area contributed by atoms with Gasteiger partial charge in [0.2, 0.25) is 10.0 Å². The Morgan fingerprint density at radius 2 is 1.86 bits per heavy atom. The number of hydrogen-bond acceptors (Lipinski definition) is 3. The third kappa shape index (κ3) is 3.47. The molecule has 1 aliphatic heterocycles. The molecule has 4 nitrogen and oxygen atoms in total. The lowest BCUT2D eigenvalue weighted by Crippen LogP contribution is -2.40. The molecule has 1 aromatic rings. The molecule has 5 heteroatoms. The summed E-state index contributed by atoms with van der Waals surface area (Å²) in [6, 6.07) is 3.85. The van der Waals surface area contributed by atoms with Crippen LogP contribution in [0.15, 0.2) is 17.0 Å². The van der Waals surface area contributed by atoms with Crippen LogP contribution in [0.2, 0.25) is 0 Å². The quantitative estimate of drug-likeness (QED) is 0.929. The zero-order valence-corrected chi connectivity index (χ0v) is 13.9. The van der Waals surface area contributed by atoms with E-state index in [-0.39, 0.29) is 12.5 Å². The Balaban J connectivity index is 2.34. The lowest BCUT2D eigenvalue weighted by atomic mass is 9.97. The highest BCUT2D eigenvalue weighted by Crippen LogP contribution is 2.29. The van der Waals surface area contributed by atoms with Crippen molar-refractivity contribution in [3.05, 3.63) is 28.8 Å². The molecule has 0 spiro atoms. The van der Waals surface area contributed by atoms with Gasteiger partial charge in [0.05, 0.1) is 4.90 Å². The first kappa shape index (κ1) is 16.5. The molecule has 0 amide bonds. The first-order chi connectivity index (χ1) is 9.86. The molecule has 0 saturated carbocycles. The number of nitrogens with zero attached hydrogens (tertiary/aromatic N) is 1. The molecule has 0 aromatic heterocycles. The maximum absolute atomic E-state index is 13.0. The summed E-state index contributed by atoms with van der Waals surface area (Å²) >= 11 is 0. The predicted molar refractivity (Wildman–Crippen MR) is 83.8 cm³/mol. The Kier molecular flexibility index (Phi) is 5.07. The Hall–Kier alpha value is -0.910. The molecule has 2 rings (SSSR count). The van der Waals surface area contributed by atoms with Crippen molar-refractivity contribution in [1.82, 2.24) is 4.31 Å². The summed E-state index contributed by atoms with van der Waals surface area (Å²) in [7, 11) is -3.44. The molecular formula is C16H25NO3S. The molecule has 0 radical (unpaired) electrons.